The van der Waals surface area contributed by atoms with Gasteiger partial charge < -0.3 is 15.7 Å². The van der Waals surface area contributed by atoms with E-state index in [2.05, 4.69) is 21.2 Å². The molecule has 7 nitrogen and oxygen atoms in total. The first-order valence-electron chi connectivity index (χ1n) is 9.35. The predicted molar refractivity (Wildman–Crippen MR) is 118 cm³/mol. The number of rotatable bonds is 7. The van der Waals surface area contributed by atoms with E-state index in [-0.39, 0.29) is 23.6 Å². The molecule has 3 rings (SSSR count). The van der Waals surface area contributed by atoms with Gasteiger partial charge in [-0.1, -0.05) is 30.3 Å². The highest BCUT2D eigenvalue weighted by Gasteiger charge is 2.10. The van der Waals surface area contributed by atoms with Crippen LogP contribution in [0.15, 0.2) is 84.0 Å². The van der Waals surface area contributed by atoms with Gasteiger partial charge in [0.2, 0.25) is 5.91 Å². The number of amides is 2. The lowest BCUT2D eigenvalue weighted by Crippen LogP contribution is -2.21. The second-order valence-electron chi connectivity index (χ2n) is 6.60. The molecule has 0 aromatic heterocycles. The van der Waals surface area contributed by atoms with Gasteiger partial charge in [0.1, 0.15) is 5.75 Å². The van der Waals surface area contributed by atoms with Crippen molar-refractivity contribution in [3.05, 3.63) is 84.4 Å². The van der Waals surface area contributed by atoms with Gasteiger partial charge in [-0.2, -0.15) is 5.10 Å². The Morgan fingerprint density at radius 2 is 1.43 bits per heavy atom. The number of anilines is 3. The summed E-state index contributed by atoms with van der Waals surface area (Å²) >= 11 is 0. The third kappa shape index (κ3) is 5.93. The third-order valence-corrected chi connectivity index (χ3v) is 4.14. The number of phenols is 1. The van der Waals surface area contributed by atoms with Crippen molar-refractivity contribution >= 4 is 34.6 Å². The molecule has 0 atom stereocenters. The zero-order valence-electron chi connectivity index (χ0n) is 16.4. The first-order valence-corrected chi connectivity index (χ1v) is 9.35. The van der Waals surface area contributed by atoms with E-state index < -0.39 is 5.91 Å². The number of para-hydroxylation sites is 2. The number of nitrogens with zero attached hydrogens (tertiary/aromatic N) is 1. The standard InChI is InChI=1S/C23H22N4O3/c1-16(26-27-23(30)20-9-5-6-10-21(20)28)15-22(29)25-19-13-11-18(12-14-19)24-17-7-3-2-4-8-17/h2-14,24,28H,15H2,1H3,(H,25,29)(H,27,30)/b26-16-. The maximum atomic E-state index is 12.2. The largest absolute Gasteiger partial charge is 0.507 e. The molecule has 0 aliphatic heterocycles. The van der Waals surface area contributed by atoms with Gasteiger partial charge in [0.25, 0.3) is 5.91 Å². The van der Waals surface area contributed by atoms with Gasteiger partial charge in [0.05, 0.1) is 12.0 Å². The van der Waals surface area contributed by atoms with Gasteiger partial charge in [-0.3, -0.25) is 9.59 Å². The smallest absolute Gasteiger partial charge is 0.275 e. The predicted octanol–water partition coefficient (Wildman–Crippen LogP) is 4.27. The number of phenolic OH excluding ortho intramolecular Hbond substituents is 1. The number of carbonyl (C=O) groups is 2. The minimum atomic E-state index is -0.547. The highest BCUT2D eigenvalue weighted by Crippen LogP contribution is 2.19. The van der Waals surface area contributed by atoms with Crippen LogP contribution in [0, 0.1) is 0 Å². The number of hydrogen-bond donors (Lipinski definition) is 4. The highest BCUT2D eigenvalue weighted by molar-refractivity contribution is 6.06. The van der Waals surface area contributed by atoms with Crippen LogP contribution in [0.2, 0.25) is 0 Å². The number of hydrogen-bond acceptors (Lipinski definition) is 5. The van der Waals surface area contributed by atoms with Gasteiger partial charge in [-0.05, 0) is 55.5 Å². The fourth-order valence-corrected chi connectivity index (χ4v) is 2.67. The zero-order chi connectivity index (χ0) is 21.3. The van der Waals surface area contributed by atoms with Crippen molar-refractivity contribution in [3.63, 3.8) is 0 Å². The van der Waals surface area contributed by atoms with Gasteiger partial charge in [-0.25, -0.2) is 5.43 Å². The number of carbonyl (C=O) groups excluding carboxylic acids is 2. The van der Waals surface area contributed by atoms with E-state index in [1.165, 1.54) is 12.1 Å². The van der Waals surface area contributed by atoms with Crippen molar-refractivity contribution in [1.82, 2.24) is 5.43 Å². The molecule has 0 spiro atoms. The summed E-state index contributed by atoms with van der Waals surface area (Å²) in [6, 6.07) is 23.3. The summed E-state index contributed by atoms with van der Waals surface area (Å²) in [5.41, 5.74) is 5.43. The maximum Gasteiger partial charge on any atom is 0.275 e. The highest BCUT2D eigenvalue weighted by atomic mass is 16.3. The quantitative estimate of drug-likeness (QED) is 0.350. The van der Waals surface area contributed by atoms with E-state index in [1.807, 2.05) is 42.5 Å². The Labute approximate surface area is 174 Å². The Morgan fingerprint density at radius 3 is 2.13 bits per heavy atom. The van der Waals surface area contributed by atoms with Crippen molar-refractivity contribution in [2.24, 2.45) is 5.10 Å². The third-order valence-electron chi connectivity index (χ3n) is 4.14. The summed E-state index contributed by atoms with van der Waals surface area (Å²) in [5, 5.41) is 19.7. The molecule has 0 heterocycles. The van der Waals surface area contributed by atoms with Gasteiger partial charge in [0, 0.05) is 22.8 Å². The Balaban J connectivity index is 1.50. The fraction of sp³-hybridized carbons (Fsp3) is 0.0870. The lowest BCUT2D eigenvalue weighted by atomic mass is 10.2. The average molecular weight is 402 g/mol. The number of nitrogens with one attached hydrogen (secondary N) is 3. The summed E-state index contributed by atoms with van der Waals surface area (Å²) in [6.07, 6.45) is 0.0189. The minimum Gasteiger partial charge on any atom is -0.507 e. The Kier molecular flexibility index (Phi) is 6.78. The fourth-order valence-electron chi connectivity index (χ4n) is 2.67. The van der Waals surface area contributed by atoms with Gasteiger partial charge in [0.15, 0.2) is 0 Å². The van der Waals surface area contributed by atoms with E-state index >= 15 is 0 Å². The minimum absolute atomic E-state index is 0.0189. The summed E-state index contributed by atoms with van der Waals surface area (Å²) in [7, 11) is 0. The maximum absolute atomic E-state index is 12.2. The molecular weight excluding hydrogens is 380 g/mol. The van der Waals surface area contributed by atoms with E-state index in [1.54, 1.807) is 31.2 Å². The molecule has 0 saturated heterocycles. The number of hydrazone groups is 1. The molecule has 152 valence electrons. The molecule has 0 bridgehead atoms. The molecule has 7 heteroatoms. The monoisotopic (exact) mass is 402 g/mol. The lowest BCUT2D eigenvalue weighted by molar-refractivity contribution is -0.115. The van der Waals surface area contributed by atoms with Crippen molar-refractivity contribution in [2.75, 3.05) is 10.6 Å². The molecule has 0 fully saturated rings. The van der Waals surface area contributed by atoms with Crippen LogP contribution in [-0.4, -0.2) is 22.6 Å². The van der Waals surface area contributed by atoms with Crippen LogP contribution in [0.1, 0.15) is 23.7 Å². The summed E-state index contributed by atoms with van der Waals surface area (Å²) < 4.78 is 0. The number of benzene rings is 3. The first kappa shape index (κ1) is 20.6. The molecule has 0 radical (unpaired) electrons. The normalized spacial score (nSPS) is 10.9. The van der Waals surface area contributed by atoms with Gasteiger partial charge in [-0.15, -0.1) is 0 Å². The van der Waals surface area contributed by atoms with Crippen LogP contribution in [0.3, 0.4) is 0 Å². The van der Waals surface area contributed by atoms with Crippen molar-refractivity contribution in [2.45, 2.75) is 13.3 Å². The first-order chi connectivity index (χ1) is 14.5. The summed E-state index contributed by atoms with van der Waals surface area (Å²) in [4.78, 5) is 24.2. The van der Waals surface area contributed by atoms with Crippen LogP contribution in [0.4, 0.5) is 17.1 Å². The molecule has 3 aromatic carbocycles. The van der Waals surface area contributed by atoms with Crippen LogP contribution < -0.4 is 16.1 Å². The lowest BCUT2D eigenvalue weighted by Gasteiger charge is -2.09. The molecule has 0 aliphatic carbocycles. The molecule has 30 heavy (non-hydrogen) atoms. The second kappa shape index (κ2) is 9.88. The second-order valence-corrected chi connectivity index (χ2v) is 6.60. The molecule has 0 aliphatic rings. The average Bonchev–Trinajstić information content (AvgIpc) is 2.74. The Morgan fingerprint density at radius 1 is 0.833 bits per heavy atom. The van der Waals surface area contributed by atoms with Crippen molar-refractivity contribution in [1.29, 1.82) is 0 Å². The molecule has 3 aromatic rings. The van der Waals surface area contributed by atoms with Crippen LogP contribution in [-0.2, 0) is 4.79 Å². The van der Waals surface area contributed by atoms with E-state index in [9.17, 15) is 14.7 Å². The molecular formula is C23H22N4O3. The van der Waals surface area contributed by atoms with Crippen molar-refractivity contribution < 1.29 is 14.7 Å². The van der Waals surface area contributed by atoms with Crippen LogP contribution in [0.25, 0.3) is 0 Å². The zero-order valence-corrected chi connectivity index (χ0v) is 16.4. The van der Waals surface area contributed by atoms with Crippen molar-refractivity contribution in [3.8, 4) is 5.75 Å². The molecule has 4 N–H and O–H groups in total. The van der Waals surface area contributed by atoms with E-state index in [4.69, 9.17) is 0 Å². The number of aromatic hydroxyl groups is 1. The summed E-state index contributed by atoms with van der Waals surface area (Å²) in [5.74, 6) is -0.933. The molecule has 2 amide bonds. The Hall–Kier alpha value is -4.13. The van der Waals surface area contributed by atoms with E-state index in [0.717, 1.165) is 11.4 Å². The van der Waals surface area contributed by atoms with Gasteiger partial charge >= 0.3 is 0 Å². The molecule has 0 unspecified atom stereocenters. The summed E-state index contributed by atoms with van der Waals surface area (Å²) in [6.45, 7) is 1.64. The topological polar surface area (TPSA) is 103 Å². The Bertz CT molecular complexity index is 1050. The van der Waals surface area contributed by atoms with Crippen LogP contribution in [0.5, 0.6) is 5.75 Å². The SMILES string of the molecule is C/C(CC(=O)Nc1ccc(Nc2ccccc2)cc1)=N/NC(=O)c1ccccc1O. The molecule has 0 saturated carbocycles. The van der Waals surface area contributed by atoms with Crippen LogP contribution >= 0.6 is 0 Å². The van der Waals surface area contributed by atoms with E-state index in [0.29, 0.717) is 11.4 Å².